The number of ether oxygens (including phenoxy) is 1. The van der Waals surface area contributed by atoms with E-state index in [0.717, 1.165) is 37.7 Å². The molecule has 0 radical (unpaired) electrons. The second-order valence-corrected chi connectivity index (χ2v) is 8.31. The molecule has 1 amide bonds. The first-order valence-electron chi connectivity index (χ1n) is 8.70. The largest absolute Gasteiger partial charge is 0.456 e. The average molecular weight is 389 g/mol. The predicted molar refractivity (Wildman–Crippen MR) is 103 cm³/mol. The highest BCUT2D eigenvalue weighted by molar-refractivity contribution is 7.16. The Morgan fingerprint density at radius 3 is 2.92 bits per heavy atom. The number of nitrogens with zero attached hydrogens (tertiary/aromatic N) is 1. The molecular formula is C19H20N2O3S2. The van der Waals surface area contributed by atoms with Gasteiger partial charge in [0.15, 0.2) is 6.61 Å². The Bertz CT molecular complexity index is 819. The minimum Gasteiger partial charge on any atom is -0.456 e. The Hall–Kier alpha value is -2.17. The minimum absolute atomic E-state index is 0.294. The summed E-state index contributed by atoms with van der Waals surface area (Å²) in [6, 6.07) is 6.23. The number of esters is 1. The highest BCUT2D eigenvalue weighted by atomic mass is 32.1. The topological polar surface area (TPSA) is 79.2 Å². The maximum atomic E-state index is 12.1. The van der Waals surface area contributed by atoms with Crippen LogP contribution >= 0.6 is 22.7 Å². The van der Waals surface area contributed by atoms with E-state index in [-0.39, 0.29) is 12.6 Å². The fourth-order valence-electron chi connectivity index (χ4n) is 3.01. The number of aryl methyl sites for hydroxylation is 2. The molecule has 1 aliphatic carbocycles. The zero-order valence-corrected chi connectivity index (χ0v) is 16.0. The molecule has 0 spiro atoms. The van der Waals surface area contributed by atoms with E-state index in [1.54, 1.807) is 11.3 Å². The van der Waals surface area contributed by atoms with Crippen LogP contribution in [0, 0.1) is 11.3 Å². The van der Waals surface area contributed by atoms with Gasteiger partial charge in [0, 0.05) is 16.2 Å². The van der Waals surface area contributed by atoms with Gasteiger partial charge >= 0.3 is 5.97 Å². The van der Waals surface area contributed by atoms with Crippen LogP contribution in [0.2, 0.25) is 0 Å². The molecule has 136 valence electrons. The van der Waals surface area contributed by atoms with Gasteiger partial charge in [0.2, 0.25) is 0 Å². The first kappa shape index (κ1) is 18.6. The van der Waals surface area contributed by atoms with Crippen LogP contribution in [-0.2, 0) is 33.6 Å². The fraction of sp³-hybridized carbons (Fsp3) is 0.421. The minimum atomic E-state index is -0.397. The number of nitriles is 1. The molecule has 0 saturated heterocycles. The molecule has 26 heavy (non-hydrogen) atoms. The van der Waals surface area contributed by atoms with Crippen LogP contribution in [-0.4, -0.2) is 18.5 Å². The van der Waals surface area contributed by atoms with Crippen molar-refractivity contribution in [3.63, 3.8) is 0 Å². The molecule has 2 aromatic rings. The highest BCUT2D eigenvalue weighted by Crippen LogP contribution is 2.37. The molecule has 0 bridgehead atoms. The van der Waals surface area contributed by atoms with Crippen molar-refractivity contribution in [2.24, 2.45) is 0 Å². The third-order valence-electron chi connectivity index (χ3n) is 4.28. The number of rotatable bonds is 7. The molecule has 0 fully saturated rings. The van der Waals surface area contributed by atoms with Gasteiger partial charge in [0.1, 0.15) is 11.1 Å². The van der Waals surface area contributed by atoms with Gasteiger partial charge in [-0.3, -0.25) is 9.59 Å². The first-order valence-corrected chi connectivity index (χ1v) is 10.4. The summed E-state index contributed by atoms with van der Waals surface area (Å²) in [6.07, 6.45) is 5.89. The average Bonchev–Trinajstić information content (AvgIpc) is 3.27. The van der Waals surface area contributed by atoms with E-state index in [0.29, 0.717) is 23.4 Å². The maximum Gasteiger partial charge on any atom is 0.306 e. The Morgan fingerprint density at radius 2 is 2.15 bits per heavy atom. The van der Waals surface area contributed by atoms with Crippen molar-refractivity contribution in [3.8, 4) is 6.07 Å². The van der Waals surface area contributed by atoms with Crippen molar-refractivity contribution in [1.29, 1.82) is 5.26 Å². The summed E-state index contributed by atoms with van der Waals surface area (Å²) in [5.41, 5.74) is 1.64. The summed E-state index contributed by atoms with van der Waals surface area (Å²) < 4.78 is 5.05. The molecule has 0 saturated carbocycles. The van der Waals surface area contributed by atoms with Crippen LogP contribution in [0.1, 0.15) is 46.6 Å². The molecule has 1 N–H and O–H groups in total. The highest BCUT2D eigenvalue weighted by Gasteiger charge is 2.22. The monoisotopic (exact) mass is 388 g/mol. The second-order valence-electron chi connectivity index (χ2n) is 6.17. The fourth-order valence-corrected chi connectivity index (χ4v) is 5.02. The van der Waals surface area contributed by atoms with Gasteiger partial charge in [-0.1, -0.05) is 6.07 Å². The van der Waals surface area contributed by atoms with E-state index in [1.807, 2.05) is 17.5 Å². The smallest absolute Gasteiger partial charge is 0.306 e. The normalized spacial score (nSPS) is 12.9. The first-order chi connectivity index (χ1) is 12.7. The molecule has 7 heteroatoms. The van der Waals surface area contributed by atoms with Gasteiger partial charge in [-0.05, 0) is 55.5 Å². The molecular weight excluding hydrogens is 368 g/mol. The number of anilines is 1. The number of amides is 1. The van der Waals surface area contributed by atoms with Crippen LogP contribution in [0.15, 0.2) is 17.5 Å². The Kier molecular flexibility index (Phi) is 6.42. The zero-order chi connectivity index (χ0) is 18.4. The molecule has 0 unspecified atom stereocenters. The SMILES string of the molecule is N#Cc1c(NC(=O)COC(=O)CCCc2cccs2)sc2c1CCCC2. The predicted octanol–water partition coefficient (Wildman–Crippen LogP) is 4.06. The van der Waals surface area contributed by atoms with E-state index in [9.17, 15) is 14.9 Å². The molecule has 0 aromatic carbocycles. The van der Waals surface area contributed by atoms with E-state index < -0.39 is 5.91 Å². The van der Waals surface area contributed by atoms with Gasteiger partial charge in [-0.25, -0.2) is 0 Å². The van der Waals surface area contributed by atoms with Crippen LogP contribution < -0.4 is 5.32 Å². The molecule has 3 rings (SSSR count). The summed E-state index contributed by atoms with van der Waals surface area (Å²) in [5, 5.41) is 14.7. The Morgan fingerprint density at radius 1 is 1.31 bits per heavy atom. The lowest BCUT2D eigenvalue weighted by atomic mass is 9.96. The lowest BCUT2D eigenvalue weighted by molar-refractivity contribution is -0.147. The maximum absolute atomic E-state index is 12.1. The third-order valence-corrected chi connectivity index (χ3v) is 6.43. The summed E-state index contributed by atoms with van der Waals surface area (Å²) in [6.45, 7) is -0.314. The lowest BCUT2D eigenvalue weighted by Gasteiger charge is -2.09. The number of carbonyl (C=O) groups excluding carboxylic acids is 2. The number of hydrogen-bond donors (Lipinski definition) is 1. The summed E-state index contributed by atoms with van der Waals surface area (Å²) >= 11 is 3.13. The van der Waals surface area contributed by atoms with Crippen molar-refractivity contribution in [2.45, 2.75) is 44.9 Å². The molecule has 0 aliphatic heterocycles. The number of fused-ring (bicyclic) bond motifs is 1. The van der Waals surface area contributed by atoms with Crippen LogP contribution in [0.3, 0.4) is 0 Å². The van der Waals surface area contributed by atoms with Crippen molar-refractivity contribution >= 4 is 39.6 Å². The molecule has 2 heterocycles. The van der Waals surface area contributed by atoms with Gasteiger partial charge < -0.3 is 10.1 Å². The van der Waals surface area contributed by atoms with Crippen molar-refractivity contribution in [1.82, 2.24) is 0 Å². The number of carbonyl (C=O) groups is 2. The Balaban J connectivity index is 1.45. The van der Waals surface area contributed by atoms with Crippen LogP contribution in [0.5, 0.6) is 0 Å². The zero-order valence-electron chi connectivity index (χ0n) is 14.4. The molecule has 5 nitrogen and oxygen atoms in total. The van der Waals surface area contributed by atoms with Gasteiger partial charge in [0.25, 0.3) is 5.91 Å². The summed E-state index contributed by atoms with van der Waals surface area (Å²) in [5.74, 6) is -0.769. The van der Waals surface area contributed by atoms with E-state index >= 15 is 0 Å². The summed E-state index contributed by atoms with van der Waals surface area (Å²) in [4.78, 5) is 26.3. The number of nitrogens with one attached hydrogen (secondary N) is 1. The van der Waals surface area contributed by atoms with Crippen molar-refractivity contribution in [3.05, 3.63) is 38.4 Å². The molecule has 0 atom stereocenters. The third kappa shape index (κ3) is 4.71. The van der Waals surface area contributed by atoms with Gasteiger partial charge in [-0.2, -0.15) is 5.26 Å². The van der Waals surface area contributed by atoms with Crippen molar-refractivity contribution in [2.75, 3.05) is 11.9 Å². The number of thiophene rings is 2. The van der Waals surface area contributed by atoms with Crippen LogP contribution in [0.4, 0.5) is 5.00 Å². The van der Waals surface area contributed by atoms with Gasteiger partial charge in [-0.15, -0.1) is 22.7 Å². The van der Waals surface area contributed by atoms with E-state index in [4.69, 9.17) is 4.74 Å². The second kappa shape index (κ2) is 8.97. The van der Waals surface area contributed by atoms with Gasteiger partial charge in [0.05, 0.1) is 5.56 Å². The van der Waals surface area contributed by atoms with Crippen LogP contribution in [0.25, 0.3) is 0 Å². The van der Waals surface area contributed by atoms with Crippen molar-refractivity contribution < 1.29 is 14.3 Å². The number of hydrogen-bond acceptors (Lipinski definition) is 6. The van der Waals surface area contributed by atoms with E-state index in [2.05, 4.69) is 11.4 Å². The molecule has 2 aromatic heterocycles. The standard InChI is InChI=1S/C19H20N2O3S2/c20-11-15-14-7-1-2-8-16(14)26-19(15)21-17(22)12-24-18(23)9-3-5-13-6-4-10-25-13/h4,6,10H,1-3,5,7-9,12H2,(H,21,22). The molecule has 1 aliphatic rings. The lowest BCUT2D eigenvalue weighted by Crippen LogP contribution is -2.20. The quantitative estimate of drug-likeness (QED) is 0.725. The van der Waals surface area contributed by atoms with E-state index in [1.165, 1.54) is 21.1 Å². The Labute approximate surface area is 160 Å². The summed E-state index contributed by atoms with van der Waals surface area (Å²) in [7, 11) is 0.